The molecule has 0 bridgehead atoms. The Morgan fingerprint density at radius 2 is 1.20 bits per heavy atom. The molecule has 69 heavy (non-hydrogen) atoms. The van der Waals surface area contributed by atoms with Gasteiger partial charge >= 0.3 is 6.09 Å². The van der Waals surface area contributed by atoms with E-state index in [0.29, 0.717) is 24.0 Å². The first-order valence-corrected chi connectivity index (χ1v) is 23.5. The molecule has 362 valence electrons. The standard InChI is InChI=1S/C52H60N8O9/c1-33(61)45-50(66)55-40(24-13-14-26-53-52(68)69-32-36-20-9-4-10-21-36)46(62)56-42(30-37-31-54-39-23-12-11-22-38(37)39)47(63)58-43(29-35-18-7-3-8-19-35)51(67)60-27-15-25-44(60)49(65)57-41(48(64)59-45)28-34-16-5-2-6-17-34/h2-12,16-23,31,33,40-45,54,61H,13-15,24-30,32H2,1H3,(H,53,68)(H,55,66)(H,56,62)(H,57,65)(H,58,63)(H,59,64)/t33-,40+,41+,42+,43+,44-,45+/m1/s1. The quantitative estimate of drug-likeness (QED) is 0.0763. The number of aliphatic hydroxyl groups excluding tert-OH is 1. The molecular weight excluding hydrogens is 881 g/mol. The highest BCUT2D eigenvalue weighted by atomic mass is 16.5. The lowest BCUT2D eigenvalue weighted by atomic mass is 10.00. The van der Waals surface area contributed by atoms with Gasteiger partial charge in [-0.05, 0) is 67.3 Å². The van der Waals surface area contributed by atoms with Crippen molar-refractivity contribution in [3.8, 4) is 0 Å². The molecule has 0 aliphatic carbocycles. The third-order valence-electron chi connectivity index (χ3n) is 12.5. The van der Waals surface area contributed by atoms with E-state index in [1.165, 1.54) is 11.8 Å². The van der Waals surface area contributed by atoms with Crippen LogP contribution in [0.1, 0.15) is 61.3 Å². The van der Waals surface area contributed by atoms with Gasteiger partial charge in [0, 0.05) is 49.5 Å². The number of H-pyrrole nitrogens is 1. The highest BCUT2D eigenvalue weighted by Crippen LogP contribution is 2.23. The molecule has 17 heteroatoms. The second-order valence-electron chi connectivity index (χ2n) is 17.6. The van der Waals surface area contributed by atoms with Crippen molar-refractivity contribution < 1.29 is 43.4 Å². The Morgan fingerprint density at radius 3 is 1.88 bits per heavy atom. The zero-order valence-corrected chi connectivity index (χ0v) is 38.5. The summed E-state index contributed by atoms with van der Waals surface area (Å²) in [6.07, 6.45) is 1.13. The number of aliphatic hydroxyl groups is 1. The summed E-state index contributed by atoms with van der Waals surface area (Å²) in [7, 11) is 0. The van der Waals surface area contributed by atoms with E-state index in [1.807, 2.05) is 84.9 Å². The lowest BCUT2D eigenvalue weighted by molar-refractivity contribution is -0.143. The van der Waals surface area contributed by atoms with Crippen molar-refractivity contribution in [3.63, 3.8) is 0 Å². The van der Waals surface area contributed by atoms with Crippen LogP contribution in [0.3, 0.4) is 0 Å². The number of carbonyl (C=O) groups is 7. The van der Waals surface area contributed by atoms with Gasteiger partial charge < -0.3 is 51.6 Å². The molecule has 3 heterocycles. The van der Waals surface area contributed by atoms with E-state index in [1.54, 1.807) is 36.5 Å². The Morgan fingerprint density at radius 1 is 0.652 bits per heavy atom. The molecule has 0 unspecified atom stereocenters. The second kappa shape index (κ2) is 24.0. The zero-order valence-electron chi connectivity index (χ0n) is 38.5. The van der Waals surface area contributed by atoms with Crippen LogP contribution in [0.4, 0.5) is 4.79 Å². The SMILES string of the molecule is C[C@@H](O)[C@@H]1NC(=O)[C@H](Cc2ccccc2)NC(=O)[C@H]2CCCN2C(=O)[C@H](Cc2ccccc2)NC(=O)[C@H](Cc2c[nH]c3ccccc23)NC(=O)[C@H](CCCCNC(=O)OCc2ccccc2)NC1=O. The lowest BCUT2D eigenvalue weighted by Crippen LogP contribution is -2.63. The van der Waals surface area contributed by atoms with Crippen molar-refractivity contribution >= 4 is 52.4 Å². The number of aromatic amines is 1. The molecule has 7 amide bonds. The maximum atomic E-state index is 14.8. The van der Waals surface area contributed by atoms with Crippen LogP contribution < -0.4 is 31.9 Å². The van der Waals surface area contributed by atoms with Crippen molar-refractivity contribution in [2.45, 2.75) is 107 Å². The Bertz CT molecular complexity index is 2560. The van der Waals surface area contributed by atoms with Crippen molar-refractivity contribution in [1.82, 2.24) is 41.8 Å². The van der Waals surface area contributed by atoms with Crippen LogP contribution in [0.5, 0.6) is 0 Å². The maximum absolute atomic E-state index is 14.8. The molecular formula is C52H60N8O9. The van der Waals surface area contributed by atoms with E-state index in [2.05, 4.69) is 36.9 Å². The summed E-state index contributed by atoms with van der Waals surface area (Å²) >= 11 is 0. The summed E-state index contributed by atoms with van der Waals surface area (Å²) < 4.78 is 5.32. The number of hydrogen-bond donors (Lipinski definition) is 8. The smallest absolute Gasteiger partial charge is 0.407 e. The molecule has 2 aliphatic heterocycles. The van der Waals surface area contributed by atoms with E-state index in [4.69, 9.17) is 4.74 Å². The van der Waals surface area contributed by atoms with Gasteiger partial charge in [-0.3, -0.25) is 28.8 Å². The molecule has 5 aromatic rings. The summed E-state index contributed by atoms with van der Waals surface area (Å²) in [4.78, 5) is 104. The van der Waals surface area contributed by atoms with Crippen LogP contribution in [0.2, 0.25) is 0 Å². The first-order chi connectivity index (χ1) is 33.4. The minimum Gasteiger partial charge on any atom is -0.445 e. The fraction of sp³-hybridized carbons (Fsp3) is 0.365. The number of rotatable bonds is 14. The van der Waals surface area contributed by atoms with Crippen LogP contribution in [0.15, 0.2) is 121 Å². The van der Waals surface area contributed by atoms with Gasteiger partial charge in [-0.25, -0.2) is 4.79 Å². The van der Waals surface area contributed by atoms with Gasteiger partial charge in [-0.2, -0.15) is 0 Å². The number of nitrogens with zero attached hydrogens (tertiary/aromatic N) is 1. The van der Waals surface area contributed by atoms with Crippen LogP contribution in [0, 0.1) is 0 Å². The summed E-state index contributed by atoms with van der Waals surface area (Å²) in [6, 6.07) is 27.1. The fourth-order valence-corrected chi connectivity index (χ4v) is 8.78. The Balaban J connectivity index is 1.20. The largest absolute Gasteiger partial charge is 0.445 e. The average molecular weight is 941 g/mol. The minimum atomic E-state index is -1.59. The number of nitrogens with one attached hydrogen (secondary N) is 7. The van der Waals surface area contributed by atoms with Crippen LogP contribution in [-0.2, 0) is 59.4 Å². The Hall–Kier alpha value is -7.53. The van der Waals surface area contributed by atoms with Gasteiger partial charge in [-0.15, -0.1) is 0 Å². The van der Waals surface area contributed by atoms with Gasteiger partial charge in [-0.1, -0.05) is 109 Å². The van der Waals surface area contributed by atoms with Gasteiger partial charge in [0.1, 0.15) is 42.9 Å². The van der Waals surface area contributed by atoms with Crippen molar-refractivity contribution in [2.24, 2.45) is 0 Å². The third-order valence-corrected chi connectivity index (χ3v) is 12.5. The van der Waals surface area contributed by atoms with Crippen LogP contribution in [-0.4, -0.2) is 112 Å². The van der Waals surface area contributed by atoms with E-state index in [9.17, 15) is 38.7 Å². The summed E-state index contributed by atoms with van der Waals surface area (Å²) in [5.74, 6) is -4.18. The number of para-hydroxylation sites is 1. The summed E-state index contributed by atoms with van der Waals surface area (Å²) in [6.45, 7) is 1.78. The normalized spacial score (nSPS) is 22.2. The van der Waals surface area contributed by atoms with Crippen molar-refractivity contribution in [1.29, 1.82) is 0 Å². The Kier molecular flexibility index (Phi) is 17.1. The predicted molar refractivity (Wildman–Crippen MR) is 257 cm³/mol. The molecule has 1 aromatic heterocycles. The van der Waals surface area contributed by atoms with Gasteiger partial charge in [0.25, 0.3) is 0 Å². The molecule has 0 radical (unpaired) electrons. The van der Waals surface area contributed by atoms with Crippen LogP contribution in [0.25, 0.3) is 10.9 Å². The molecule has 2 saturated heterocycles. The van der Waals surface area contributed by atoms with E-state index in [-0.39, 0.29) is 58.2 Å². The van der Waals surface area contributed by atoms with E-state index < -0.39 is 83.9 Å². The van der Waals surface area contributed by atoms with Crippen molar-refractivity contribution in [3.05, 3.63) is 144 Å². The van der Waals surface area contributed by atoms with Crippen molar-refractivity contribution in [2.75, 3.05) is 13.1 Å². The first-order valence-electron chi connectivity index (χ1n) is 23.5. The molecule has 0 spiro atoms. The number of carbonyl (C=O) groups excluding carboxylic acids is 7. The molecule has 7 rings (SSSR count). The zero-order chi connectivity index (χ0) is 48.7. The fourth-order valence-electron chi connectivity index (χ4n) is 8.78. The molecule has 0 saturated carbocycles. The highest BCUT2D eigenvalue weighted by molar-refractivity contribution is 5.99. The van der Waals surface area contributed by atoms with Crippen LogP contribution >= 0.6 is 0 Å². The van der Waals surface area contributed by atoms with Gasteiger partial charge in [0.05, 0.1) is 6.10 Å². The number of amides is 7. The summed E-state index contributed by atoms with van der Waals surface area (Å²) in [5.41, 5.74) is 3.75. The third kappa shape index (κ3) is 13.6. The molecule has 4 aromatic carbocycles. The monoisotopic (exact) mass is 940 g/mol. The number of hydrogen-bond acceptors (Lipinski definition) is 9. The van der Waals surface area contributed by atoms with Gasteiger partial charge in [0.15, 0.2) is 0 Å². The topological polar surface area (TPSA) is 240 Å². The van der Waals surface area contributed by atoms with E-state index >= 15 is 0 Å². The minimum absolute atomic E-state index is 0.0105. The number of fused-ring (bicyclic) bond motifs is 2. The average Bonchev–Trinajstić information content (AvgIpc) is 4.02. The molecule has 7 atom stereocenters. The Labute approximate surface area is 400 Å². The lowest BCUT2D eigenvalue weighted by Gasteiger charge is -2.32. The molecule has 2 aliphatic rings. The number of unbranched alkanes of at least 4 members (excludes halogenated alkanes) is 1. The first kappa shape index (κ1) is 49.4. The maximum Gasteiger partial charge on any atom is 0.407 e. The number of alkyl carbamates (subject to hydrolysis) is 1. The van der Waals surface area contributed by atoms with E-state index in [0.717, 1.165) is 22.0 Å². The number of ether oxygens (including phenoxy) is 1. The molecule has 8 N–H and O–H groups in total. The number of benzene rings is 4. The second-order valence-corrected chi connectivity index (χ2v) is 17.6. The summed E-state index contributed by atoms with van der Waals surface area (Å²) in [5, 5.41) is 28.5. The highest BCUT2D eigenvalue weighted by Gasteiger charge is 2.41. The molecule has 17 nitrogen and oxygen atoms in total. The predicted octanol–water partition coefficient (Wildman–Crippen LogP) is 3.10. The van der Waals surface area contributed by atoms with Gasteiger partial charge in [0.2, 0.25) is 35.4 Å². The molecule has 2 fully saturated rings. The number of aromatic nitrogens is 1.